The first-order valence-corrected chi connectivity index (χ1v) is 11.8. The largest absolute Gasteiger partial charge is 0.355 e. The lowest BCUT2D eigenvalue weighted by Crippen LogP contribution is -2.41. The Bertz CT molecular complexity index is 867. The van der Waals surface area contributed by atoms with Crippen molar-refractivity contribution in [3.8, 4) is 0 Å². The number of nitrogens with zero attached hydrogens (tertiary/aromatic N) is 7. The molecule has 5 heterocycles. The van der Waals surface area contributed by atoms with E-state index in [1.807, 2.05) is 10.6 Å². The summed E-state index contributed by atoms with van der Waals surface area (Å²) in [7, 11) is 0. The van der Waals surface area contributed by atoms with E-state index in [4.69, 9.17) is 5.10 Å². The molecule has 0 spiro atoms. The van der Waals surface area contributed by atoms with Gasteiger partial charge in [0.25, 0.3) is 0 Å². The van der Waals surface area contributed by atoms with Crippen LogP contribution in [0.3, 0.4) is 0 Å². The van der Waals surface area contributed by atoms with E-state index in [9.17, 15) is 4.79 Å². The van der Waals surface area contributed by atoms with Crippen LogP contribution in [0.15, 0.2) is 12.1 Å². The zero-order chi connectivity index (χ0) is 20.3. The molecule has 2 aromatic rings. The van der Waals surface area contributed by atoms with Crippen LogP contribution in [-0.4, -0.2) is 81.3 Å². The maximum atomic E-state index is 12.2. The molecule has 162 valence electrons. The number of likely N-dealkylation sites (tertiary alicyclic amines) is 2. The average Bonchev–Trinajstić information content (AvgIpc) is 3.41. The first kappa shape index (κ1) is 19.7. The van der Waals surface area contributed by atoms with E-state index in [2.05, 4.69) is 31.0 Å². The Hall–Kier alpha value is -2.22. The zero-order valence-electron chi connectivity index (χ0n) is 17.9. The van der Waals surface area contributed by atoms with Crippen LogP contribution in [-0.2, 0) is 4.79 Å². The lowest BCUT2D eigenvalue weighted by molar-refractivity contribution is -0.130. The van der Waals surface area contributed by atoms with E-state index in [1.165, 1.54) is 19.3 Å². The second kappa shape index (κ2) is 8.88. The number of carbonyl (C=O) groups excluding carboxylic acids is 1. The van der Waals surface area contributed by atoms with Crippen molar-refractivity contribution in [2.75, 3.05) is 50.7 Å². The Morgan fingerprint density at radius 2 is 1.67 bits per heavy atom. The molecule has 3 fully saturated rings. The number of piperidine rings is 1. The lowest BCUT2D eigenvalue weighted by atomic mass is 9.96. The van der Waals surface area contributed by atoms with Gasteiger partial charge < -0.3 is 14.7 Å². The molecule has 3 aliphatic heterocycles. The smallest absolute Gasteiger partial charge is 0.222 e. The third-order valence-corrected chi connectivity index (χ3v) is 7.01. The van der Waals surface area contributed by atoms with Gasteiger partial charge in [0.05, 0.1) is 0 Å². The molecule has 0 aliphatic carbocycles. The topological polar surface area (TPSA) is 69.9 Å². The van der Waals surface area contributed by atoms with Gasteiger partial charge in [-0.3, -0.25) is 4.79 Å². The highest BCUT2D eigenvalue weighted by atomic mass is 16.2. The third-order valence-electron chi connectivity index (χ3n) is 7.01. The number of hydrogen-bond donors (Lipinski definition) is 0. The molecular formula is C22H33N7O. The Labute approximate surface area is 178 Å². The van der Waals surface area contributed by atoms with Crippen molar-refractivity contribution >= 4 is 17.4 Å². The second-order valence-corrected chi connectivity index (χ2v) is 9.02. The van der Waals surface area contributed by atoms with Gasteiger partial charge in [0.1, 0.15) is 5.82 Å². The van der Waals surface area contributed by atoms with E-state index in [0.29, 0.717) is 11.8 Å². The van der Waals surface area contributed by atoms with E-state index >= 15 is 0 Å². The Morgan fingerprint density at radius 1 is 0.867 bits per heavy atom. The molecule has 3 saturated heterocycles. The summed E-state index contributed by atoms with van der Waals surface area (Å²) >= 11 is 0. The average molecular weight is 412 g/mol. The maximum Gasteiger partial charge on any atom is 0.222 e. The number of rotatable bonds is 5. The molecule has 0 radical (unpaired) electrons. The van der Waals surface area contributed by atoms with Gasteiger partial charge in [-0.25, -0.2) is 0 Å². The van der Waals surface area contributed by atoms with Gasteiger partial charge in [-0.05, 0) is 63.7 Å². The second-order valence-electron chi connectivity index (χ2n) is 9.02. The quantitative estimate of drug-likeness (QED) is 0.752. The van der Waals surface area contributed by atoms with Crippen molar-refractivity contribution < 1.29 is 4.79 Å². The molecule has 5 rings (SSSR count). The number of hydrogen-bond acceptors (Lipinski definition) is 6. The highest BCUT2D eigenvalue weighted by Gasteiger charge is 2.26. The number of fused-ring (bicyclic) bond motifs is 1. The van der Waals surface area contributed by atoms with Crippen LogP contribution in [0.1, 0.15) is 63.1 Å². The van der Waals surface area contributed by atoms with E-state index in [0.717, 1.165) is 95.2 Å². The molecule has 3 aliphatic rings. The molecule has 1 amide bonds. The Balaban J connectivity index is 1.19. The molecule has 0 N–H and O–H groups in total. The minimum atomic E-state index is 0.345. The lowest BCUT2D eigenvalue weighted by Gasteiger charge is -2.32. The summed E-state index contributed by atoms with van der Waals surface area (Å²) in [5.74, 6) is 2.79. The van der Waals surface area contributed by atoms with Crippen LogP contribution in [0.5, 0.6) is 0 Å². The predicted molar refractivity (Wildman–Crippen MR) is 116 cm³/mol. The summed E-state index contributed by atoms with van der Waals surface area (Å²) in [5, 5.41) is 13.8. The first-order valence-electron chi connectivity index (χ1n) is 11.8. The summed E-state index contributed by atoms with van der Waals surface area (Å²) in [6.07, 6.45) is 8.77. The molecule has 0 unspecified atom stereocenters. The minimum Gasteiger partial charge on any atom is -0.355 e. The number of anilines is 1. The number of amides is 1. The molecule has 0 atom stereocenters. The predicted octanol–water partition coefficient (Wildman–Crippen LogP) is 2.31. The van der Waals surface area contributed by atoms with Crippen molar-refractivity contribution in [2.45, 2.75) is 57.3 Å². The van der Waals surface area contributed by atoms with Crippen LogP contribution in [0.25, 0.3) is 5.65 Å². The Kier molecular flexibility index (Phi) is 5.84. The SMILES string of the molecule is O=C1CCCCCN1CCN1CCC(c2nnc3ccc(N4CCCC4)nn23)CC1. The van der Waals surface area contributed by atoms with Gasteiger partial charge in [0, 0.05) is 45.1 Å². The van der Waals surface area contributed by atoms with E-state index in [1.54, 1.807) is 0 Å². The maximum absolute atomic E-state index is 12.2. The zero-order valence-corrected chi connectivity index (χ0v) is 17.9. The minimum absolute atomic E-state index is 0.345. The van der Waals surface area contributed by atoms with Gasteiger partial charge in [-0.1, -0.05) is 6.42 Å². The molecule has 30 heavy (non-hydrogen) atoms. The molecular weight excluding hydrogens is 378 g/mol. The first-order chi connectivity index (χ1) is 14.8. The van der Waals surface area contributed by atoms with Crippen LogP contribution < -0.4 is 4.90 Å². The number of aromatic nitrogens is 4. The molecule has 0 aromatic carbocycles. The van der Waals surface area contributed by atoms with Gasteiger partial charge in [0.2, 0.25) is 5.91 Å². The normalized spacial score (nSPS) is 22.2. The molecule has 0 saturated carbocycles. The van der Waals surface area contributed by atoms with Crippen molar-refractivity contribution in [1.82, 2.24) is 29.6 Å². The van der Waals surface area contributed by atoms with Crippen LogP contribution in [0.4, 0.5) is 5.82 Å². The van der Waals surface area contributed by atoms with Crippen molar-refractivity contribution in [1.29, 1.82) is 0 Å². The van der Waals surface area contributed by atoms with Gasteiger partial charge >= 0.3 is 0 Å². The van der Waals surface area contributed by atoms with E-state index < -0.39 is 0 Å². The summed E-state index contributed by atoms with van der Waals surface area (Å²) in [6.45, 7) is 7.07. The number of carbonyl (C=O) groups is 1. The van der Waals surface area contributed by atoms with Gasteiger partial charge in [-0.15, -0.1) is 15.3 Å². The summed E-state index contributed by atoms with van der Waals surface area (Å²) < 4.78 is 1.98. The van der Waals surface area contributed by atoms with Crippen LogP contribution in [0.2, 0.25) is 0 Å². The standard InChI is InChI=1S/C22H33N7O/c30-21-6-2-1-3-13-28(21)17-16-26-14-9-18(10-15-26)22-24-23-19-7-8-20(25-29(19)22)27-11-4-5-12-27/h7-8,18H,1-6,9-17H2. The monoisotopic (exact) mass is 411 g/mol. The van der Waals surface area contributed by atoms with E-state index in [-0.39, 0.29) is 0 Å². The molecule has 8 heteroatoms. The fourth-order valence-electron chi connectivity index (χ4n) is 5.12. The van der Waals surface area contributed by atoms with Gasteiger partial charge in [-0.2, -0.15) is 4.52 Å². The van der Waals surface area contributed by atoms with Crippen molar-refractivity contribution in [3.63, 3.8) is 0 Å². The Morgan fingerprint density at radius 3 is 2.50 bits per heavy atom. The highest BCUT2D eigenvalue weighted by Crippen LogP contribution is 2.28. The fourth-order valence-corrected chi connectivity index (χ4v) is 5.12. The molecule has 8 nitrogen and oxygen atoms in total. The highest BCUT2D eigenvalue weighted by molar-refractivity contribution is 5.76. The molecule has 2 aromatic heterocycles. The molecule has 0 bridgehead atoms. The van der Waals surface area contributed by atoms with Crippen molar-refractivity contribution in [2.24, 2.45) is 0 Å². The van der Waals surface area contributed by atoms with Crippen LogP contribution >= 0.6 is 0 Å². The fraction of sp³-hybridized carbons (Fsp3) is 0.727. The summed E-state index contributed by atoms with van der Waals surface area (Å²) in [4.78, 5) is 19.2. The van der Waals surface area contributed by atoms with Gasteiger partial charge in [0.15, 0.2) is 11.5 Å². The summed E-state index contributed by atoms with van der Waals surface area (Å²) in [6, 6.07) is 4.12. The van der Waals surface area contributed by atoms with Crippen molar-refractivity contribution in [3.05, 3.63) is 18.0 Å². The van der Waals surface area contributed by atoms with Crippen LogP contribution in [0, 0.1) is 0 Å². The summed E-state index contributed by atoms with van der Waals surface area (Å²) in [5.41, 5.74) is 0.843. The third kappa shape index (κ3) is 4.15.